The Kier molecular flexibility index (Phi) is 4.54. The van der Waals surface area contributed by atoms with Crippen LogP contribution in [0.2, 0.25) is 0 Å². The fraction of sp³-hybridized carbons (Fsp3) is 0.500. The van der Waals surface area contributed by atoms with Crippen molar-refractivity contribution in [3.63, 3.8) is 0 Å². The lowest BCUT2D eigenvalue weighted by molar-refractivity contribution is -0.125. The Balaban J connectivity index is 2.48. The number of imide groups is 1. The van der Waals surface area contributed by atoms with E-state index in [9.17, 15) is 9.59 Å². The summed E-state index contributed by atoms with van der Waals surface area (Å²) in [7, 11) is 20.3. The van der Waals surface area contributed by atoms with Crippen LogP contribution in [0.4, 0.5) is 0 Å². The molecule has 0 bridgehead atoms. The van der Waals surface area contributed by atoms with Crippen molar-refractivity contribution < 1.29 is 9.59 Å². The van der Waals surface area contributed by atoms with E-state index in [1.165, 1.54) is 0 Å². The maximum Gasteiger partial charge on any atom is 0.248 e. The van der Waals surface area contributed by atoms with E-state index in [1.54, 1.807) is 12.2 Å². The van der Waals surface area contributed by atoms with Gasteiger partial charge in [-0.2, -0.15) is 0 Å². The van der Waals surface area contributed by atoms with Gasteiger partial charge in [-0.05, 0) is 65.0 Å². The number of amides is 2. The molecule has 0 spiro atoms. The first-order valence-electron chi connectivity index (χ1n) is 4.50. The van der Waals surface area contributed by atoms with E-state index in [2.05, 4.69) is 5.32 Å². The third-order valence-corrected chi connectivity index (χ3v) is 7.29. The van der Waals surface area contributed by atoms with E-state index >= 15 is 0 Å². The van der Waals surface area contributed by atoms with E-state index in [1.807, 2.05) is 0 Å². The molecule has 0 aromatic carbocycles. The standard InChI is InChI=1S/C8H6Cl3NO2S3/c9-15-3-1-2-8(17-11)4(5(3)16-10)6(13)12-7(8)14/h1-5H,(H,12,13,14). The summed E-state index contributed by atoms with van der Waals surface area (Å²) in [5.74, 6) is -1.33. The van der Waals surface area contributed by atoms with Gasteiger partial charge in [0.15, 0.2) is 0 Å². The SMILES string of the molecule is O=C1NC(=O)C2(SCl)C=CC(SCl)C(SCl)C12. The van der Waals surface area contributed by atoms with Gasteiger partial charge in [-0.1, -0.05) is 12.2 Å². The molecule has 2 rings (SSSR count). The summed E-state index contributed by atoms with van der Waals surface area (Å²) in [6.45, 7) is 0. The highest BCUT2D eigenvalue weighted by Gasteiger charge is 2.60. The Morgan fingerprint density at radius 3 is 2.47 bits per heavy atom. The van der Waals surface area contributed by atoms with Gasteiger partial charge in [0.05, 0.1) is 16.4 Å². The third kappa shape index (κ3) is 2.11. The molecule has 0 aromatic heterocycles. The first-order chi connectivity index (χ1) is 8.10. The normalized spacial score (nSPS) is 40.3. The molecule has 0 saturated carbocycles. The molecule has 3 nitrogen and oxygen atoms in total. The molecule has 2 amide bonds. The van der Waals surface area contributed by atoms with Crippen molar-refractivity contribution >= 4 is 76.8 Å². The fourth-order valence-electron chi connectivity index (χ4n) is 2.02. The summed E-state index contributed by atoms with van der Waals surface area (Å²) in [5, 5.41) is 1.88. The second-order valence-corrected chi connectivity index (χ2v) is 7.44. The zero-order valence-corrected chi connectivity index (χ0v) is 12.8. The van der Waals surface area contributed by atoms with Crippen molar-refractivity contribution in [2.75, 3.05) is 0 Å². The number of carbonyl (C=O) groups is 2. The van der Waals surface area contributed by atoms with Crippen molar-refractivity contribution in [2.45, 2.75) is 15.2 Å². The van der Waals surface area contributed by atoms with Crippen LogP contribution in [0.15, 0.2) is 12.2 Å². The summed E-state index contributed by atoms with van der Waals surface area (Å²) in [6, 6.07) is 0. The maximum absolute atomic E-state index is 11.9. The minimum Gasteiger partial charge on any atom is -0.295 e. The second-order valence-electron chi connectivity index (χ2n) is 3.63. The van der Waals surface area contributed by atoms with Crippen molar-refractivity contribution in [3.8, 4) is 0 Å². The molecule has 1 aliphatic heterocycles. The Hall–Kier alpha value is 0.800. The quantitative estimate of drug-likeness (QED) is 0.626. The highest BCUT2D eigenvalue weighted by Crippen LogP contribution is 2.52. The van der Waals surface area contributed by atoms with Gasteiger partial charge in [0, 0.05) is 0 Å². The van der Waals surface area contributed by atoms with Crippen LogP contribution >= 0.6 is 65.0 Å². The molecule has 0 aromatic rings. The van der Waals surface area contributed by atoms with E-state index in [0.29, 0.717) is 0 Å². The van der Waals surface area contributed by atoms with Crippen molar-refractivity contribution in [3.05, 3.63) is 12.2 Å². The number of hydrogen-bond donors (Lipinski definition) is 1. The molecule has 1 saturated heterocycles. The lowest BCUT2D eigenvalue weighted by atomic mass is 9.84. The van der Waals surface area contributed by atoms with E-state index < -0.39 is 16.6 Å². The topological polar surface area (TPSA) is 46.2 Å². The van der Waals surface area contributed by atoms with Crippen LogP contribution in [0.25, 0.3) is 0 Å². The highest BCUT2D eigenvalue weighted by molar-refractivity contribution is 8.25. The largest absolute Gasteiger partial charge is 0.295 e. The van der Waals surface area contributed by atoms with E-state index in [4.69, 9.17) is 32.0 Å². The first kappa shape index (κ1) is 14.2. The maximum atomic E-state index is 11.9. The van der Waals surface area contributed by atoms with Crippen LogP contribution in [0, 0.1) is 5.92 Å². The Morgan fingerprint density at radius 1 is 1.24 bits per heavy atom. The molecule has 2 aliphatic rings. The van der Waals surface area contributed by atoms with Crippen LogP contribution in [0.5, 0.6) is 0 Å². The van der Waals surface area contributed by atoms with Crippen LogP contribution in [-0.2, 0) is 9.59 Å². The number of halogens is 3. The summed E-state index contributed by atoms with van der Waals surface area (Å²) in [4.78, 5) is 23.7. The number of rotatable bonds is 3. The predicted octanol–water partition coefficient (Wildman–Crippen LogP) is 2.97. The molecular formula is C8H6Cl3NO2S3. The van der Waals surface area contributed by atoms with E-state index in [-0.39, 0.29) is 16.4 Å². The zero-order valence-electron chi connectivity index (χ0n) is 8.06. The molecule has 17 heavy (non-hydrogen) atoms. The van der Waals surface area contributed by atoms with Crippen LogP contribution in [-0.4, -0.2) is 27.1 Å². The molecule has 1 fully saturated rings. The van der Waals surface area contributed by atoms with Gasteiger partial charge in [0.2, 0.25) is 11.8 Å². The monoisotopic (exact) mass is 349 g/mol. The van der Waals surface area contributed by atoms with E-state index in [0.717, 1.165) is 32.9 Å². The molecule has 4 unspecified atom stereocenters. The number of hydrogen-bond acceptors (Lipinski definition) is 5. The molecule has 9 heteroatoms. The van der Waals surface area contributed by atoms with Gasteiger partial charge in [-0.15, -0.1) is 0 Å². The summed E-state index contributed by atoms with van der Waals surface area (Å²) in [6.07, 6.45) is 3.43. The average Bonchev–Trinajstić information content (AvgIpc) is 2.60. The number of carbonyl (C=O) groups excluding carboxylic acids is 2. The van der Waals surface area contributed by atoms with Gasteiger partial charge in [-0.25, -0.2) is 0 Å². The lowest BCUT2D eigenvalue weighted by Crippen LogP contribution is -2.47. The van der Waals surface area contributed by atoms with Crippen molar-refractivity contribution in [1.29, 1.82) is 0 Å². The third-order valence-electron chi connectivity index (χ3n) is 2.86. The summed E-state index contributed by atoms with van der Waals surface area (Å²) < 4.78 is -1.06. The Labute approximate surface area is 124 Å². The minimum atomic E-state index is -1.06. The smallest absolute Gasteiger partial charge is 0.248 e. The van der Waals surface area contributed by atoms with Crippen molar-refractivity contribution in [2.24, 2.45) is 5.92 Å². The lowest BCUT2D eigenvalue weighted by Gasteiger charge is -2.36. The zero-order chi connectivity index (χ0) is 12.6. The Bertz CT molecular complexity index is 394. The van der Waals surface area contributed by atoms with Crippen molar-refractivity contribution in [1.82, 2.24) is 5.32 Å². The molecule has 0 radical (unpaired) electrons. The molecule has 4 atom stereocenters. The van der Waals surface area contributed by atoms with Gasteiger partial charge in [-0.3, -0.25) is 14.9 Å². The van der Waals surface area contributed by atoms with Gasteiger partial charge in [0.1, 0.15) is 4.75 Å². The molecule has 1 heterocycles. The number of fused-ring (bicyclic) bond motifs is 1. The number of nitrogens with one attached hydrogen (secondary N) is 1. The van der Waals surface area contributed by atoms with Gasteiger partial charge >= 0.3 is 0 Å². The van der Waals surface area contributed by atoms with Crippen LogP contribution in [0.1, 0.15) is 0 Å². The predicted molar refractivity (Wildman–Crippen MR) is 76.4 cm³/mol. The van der Waals surface area contributed by atoms with Crippen LogP contribution in [0.3, 0.4) is 0 Å². The highest BCUT2D eigenvalue weighted by atomic mass is 35.7. The fourth-order valence-corrected chi connectivity index (χ4v) is 6.24. The van der Waals surface area contributed by atoms with Crippen LogP contribution < -0.4 is 5.32 Å². The molecular weight excluding hydrogens is 345 g/mol. The Morgan fingerprint density at radius 2 is 1.94 bits per heavy atom. The minimum absolute atomic E-state index is 0.127. The summed E-state index contributed by atoms with van der Waals surface area (Å²) in [5.41, 5.74) is 0. The first-order valence-corrected chi connectivity index (χ1v) is 9.55. The second kappa shape index (κ2) is 5.43. The molecule has 1 N–H and O–H groups in total. The van der Waals surface area contributed by atoms with Gasteiger partial charge in [0.25, 0.3) is 0 Å². The summed E-state index contributed by atoms with van der Waals surface area (Å²) >= 11 is 0. The molecule has 1 aliphatic carbocycles. The molecule has 94 valence electrons. The van der Waals surface area contributed by atoms with Gasteiger partial charge < -0.3 is 0 Å². The average molecular weight is 351 g/mol.